The van der Waals surface area contributed by atoms with Gasteiger partial charge in [0.15, 0.2) is 3.23 Å². The van der Waals surface area contributed by atoms with Gasteiger partial charge in [-0.1, -0.05) is 78.1 Å². The molecule has 1 atom stereocenters. The van der Waals surface area contributed by atoms with Crippen LogP contribution in [0.1, 0.15) is 10.4 Å². The van der Waals surface area contributed by atoms with E-state index >= 15 is 0 Å². The molecule has 0 amide bonds. The second-order valence-corrected chi connectivity index (χ2v) is 7.17. The summed E-state index contributed by atoms with van der Waals surface area (Å²) in [5.74, 6) is 0. The Balaban J connectivity index is 2.91. The highest BCUT2D eigenvalue weighted by Crippen LogP contribution is 2.43. The summed E-state index contributed by atoms with van der Waals surface area (Å²) in [6.07, 6.45) is 0.819. The van der Waals surface area contributed by atoms with E-state index in [0.29, 0.717) is 0 Å². The van der Waals surface area contributed by atoms with Crippen LogP contribution in [0.4, 0.5) is 0 Å². The maximum Gasteiger partial charge on any atom is 0.152 e. The van der Waals surface area contributed by atoms with Crippen LogP contribution in [-0.4, -0.2) is 9.52 Å². The summed E-state index contributed by atoms with van der Waals surface area (Å²) in [5, 5.41) is 0. The molecule has 0 saturated carbocycles. The molecule has 0 aliphatic rings. The summed E-state index contributed by atoms with van der Waals surface area (Å²) in [6.45, 7) is 0. The fourth-order valence-corrected chi connectivity index (χ4v) is 1.85. The number of halogens is 3. The van der Waals surface area contributed by atoms with Crippen LogP contribution in [0.5, 0.6) is 0 Å². The first-order valence-electron chi connectivity index (χ1n) is 3.61. The van der Waals surface area contributed by atoms with Gasteiger partial charge >= 0.3 is 0 Å². The lowest BCUT2D eigenvalue weighted by Gasteiger charge is -2.20. The van der Waals surface area contributed by atoms with Gasteiger partial charge in [-0.05, 0) is 5.56 Å². The maximum atomic E-state index is 10.7. The Hall–Kier alpha value is 0.330. The lowest BCUT2D eigenvalue weighted by Crippen LogP contribution is -2.19. The fourth-order valence-electron chi connectivity index (χ4n) is 0.904. The van der Waals surface area contributed by atoms with Gasteiger partial charge in [-0.2, -0.15) is 0 Å². The van der Waals surface area contributed by atoms with E-state index in [9.17, 15) is 4.79 Å². The molecule has 0 aliphatic carbocycles. The van der Waals surface area contributed by atoms with Crippen LogP contribution in [-0.2, 0) is 4.79 Å². The molecule has 1 rings (SSSR count). The van der Waals surface area contributed by atoms with Crippen molar-refractivity contribution in [2.24, 2.45) is 0 Å². The van der Waals surface area contributed by atoms with Gasteiger partial charge in [0.25, 0.3) is 0 Å². The van der Waals surface area contributed by atoms with Crippen LogP contribution in [0.3, 0.4) is 0 Å². The predicted octanol–water partition coefficient (Wildman–Crippen LogP) is 3.81. The van der Waals surface area contributed by atoms with Crippen LogP contribution >= 0.6 is 47.8 Å². The van der Waals surface area contributed by atoms with Crippen LogP contribution in [0, 0.1) is 0 Å². The number of benzene rings is 1. The first-order chi connectivity index (χ1) is 6.08. The van der Waals surface area contributed by atoms with Crippen molar-refractivity contribution in [3.8, 4) is 0 Å². The van der Waals surface area contributed by atoms with Gasteiger partial charge in [0.2, 0.25) is 0 Å². The monoisotopic (exact) mass is 368 g/mol. The third-order valence-corrected chi connectivity index (χ3v) is 5.36. The maximum absolute atomic E-state index is 10.7. The topological polar surface area (TPSA) is 17.1 Å². The highest BCUT2D eigenvalue weighted by Gasteiger charge is 2.32. The van der Waals surface area contributed by atoms with E-state index < -0.39 is 3.23 Å². The molecule has 0 bridgehead atoms. The quantitative estimate of drug-likeness (QED) is 0.584. The van der Waals surface area contributed by atoms with Gasteiger partial charge in [0, 0.05) is 0 Å². The molecule has 0 aromatic heterocycles. The van der Waals surface area contributed by atoms with Gasteiger partial charge < -0.3 is 4.79 Å². The largest absolute Gasteiger partial charge is 0.301 e. The minimum Gasteiger partial charge on any atom is -0.301 e. The molecule has 70 valence electrons. The normalized spacial score (nSPS) is 13.8. The highest BCUT2D eigenvalue weighted by atomic mass is 79.9. The van der Waals surface area contributed by atoms with Gasteiger partial charge in [-0.15, -0.1) is 0 Å². The van der Waals surface area contributed by atoms with Crippen molar-refractivity contribution in [3.05, 3.63) is 35.9 Å². The van der Waals surface area contributed by atoms with Gasteiger partial charge in [-0.3, -0.25) is 0 Å². The molecule has 0 aliphatic heterocycles. The van der Waals surface area contributed by atoms with Crippen LogP contribution in [0.2, 0.25) is 0 Å². The minimum absolute atomic E-state index is 0.0845. The lowest BCUT2D eigenvalue weighted by molar-refractivity contribution is -0.107. The Morgan fingerprint density at radius 2 is 1.77 bits per heavy atom. The molecule has 0 spiro atoms. The fraction of sp³-hybridized carbons (Fsp3) is 0.222. The Bertz CT molecular complexity index is 284. The second kappa shape index (κ2) is 4.71. The van der Waals surface area contributed by atoms with Crippen molar-refractivity contribution < 1.29 is 4.79 Å². The summed E-state index contributed by atoms with van der Waals surface area (Å²) >= 11 is 10.0. The van der Waals surface area contributed by atoms with E-state index in [2.05, 4.69) is 47.8 Å². The molecule has 1 aromatic rings. The smallest absolute Gasteiger partial charge is 0.152 e. The Labute approximate surface area is 102 Å². The molecule has 1 aromatic carbocycles. The number of carbonyl (C=O) groups is 1. The third kappa shape index (κ3) is 2.89. The zero-order valence-electron chi connectivity index (χ0n) is 6.58. The van der Waals surface area contributed by atoms with Crippen LogP contribution in [0.15, 0.2) is 30.3 Å². The van der Waals surface area contributed by atoms with E-state index in [1.54, 1.807) is 0 Å². The predicted molar refractivity (Wildman–Crippen MR) is 64.8 cm³/mol. The molecule has 0 fully saturated rings. The van der Waals surface area contributed by atoms with E-state index in [1.807, 2.05) is 30.3 Å². The summed E-state index contributed by atoms with van der Waals surface area (Å²) in [4.78, 5) is 10.6. The zero-order valence-corrected chi connectivity index (χ0v) is 11.3. The number of alkyl halides is 3. The highest BCUT2D eigenvalue weighted by molar-refractivity contribution is 9.26. The van der Waals surface area contributed by atoms with Crippen molar-refractivity contribution in [1.82, 2.24) is 0 Å². The number of carbonyl (C=O) groups excluding carboxylic acids is 1. The average molecular weight is 371 g/mol. The zero-order chi connectivity index (χ0) is 9.90. The Morgan fingerprint density at radius 3 is 2.23 bits per heavy atom. The Morgan fingerprint density at radius 1 is 1.23 bits per heavy atom. The molecule has 0 N–H and O–H groups in total. The summed E-state index contributed by atoms with van der Waals surface area (Å²) in [5.41, 5.74) is 1.04. The molecule has 0 radical (unpaired) electrons. The van der Waals surface area contributed by atoms with Crippen molar-refractivity contribution in [2.75, 3.05) is 0 Å². The van der Waals surface area contributed by atoms with Gasteiger partial charge in [0.05, 0.1) is 4.83 Å². The molecule has 4 heteroatoms. The molecular weight excluding hydrogens is 364 g/mol. The summed E-state index contributed by atoms with van der Waals surface area (Å²) in [7, 11) is 0. The second-order valence-electron chi connectivity index (χ2n) is 2.57. The molecule has 1 nitrogen and oxygen atoms in total. The van der Waals surface area contributed by atoms with Crippen molar-refractivity contribution in [3.63, 3.8) is 0 Å². The van der Waals surface area contributed by atoms with Crippen molar-refractivity contribution in [1.29, 1.82) is 0 Å². The summed E-state index contributed by atoms with van der Waals surface area (Å²) < 4.78 is -0.735. The number of rotatable bonds is 3. The summed E-state index contributed by atoms with van der Waals surface area (Å²) in [6, 6.07) is 9.73. The molecule has 0 heterocycles. The Kier molecular flexibility index (Phi) is 4.13. The first kappa shape index (κ1) is 11.4. The number of hydrogen-bond acceptors (Lipinski definition) is 1. The van der Waals surface area contributed by atoms with Crippen LogP contribution in [0.25, 0.3) is 0 Å². The minimum atomic E-state index is -0.735. The third-order valence-electron chi connectivity index (χ3n) is 1.59. The number of hydrogen-bond donors (Lipinski definition) is 0. The van der Waals surface area contributed by atoms with E-state index in [1.165, 1.54) is 0 Å². The number of aldehydes is 1. The average Bonchev–Trinajstić information content (AvgIpc) is 2.18. The lowest BCUT2D eigenvalue weighted by atomic mass is 10.1. The van der Waals surface area contributed by atoms with Crippen LogP contribution < -0.4 is 0 Å². The molecule has 13 heavy (non-hydrogen) atoms. The van der Waals surface area contributed by atoms with E-state index in [-0.39, 0.29) is 4.83 Å². The standard InChI is InChI=1S/C9H7Br3O/c10-8(9(11,12)6-13)7-4-2-1-3-5-7/h1-6,8H. The SMILES string of the molecule is O=CC(Br)(Br)C(Br)c1ccccc1. The van der Waals surface area contributed by atoms with Gasteiger partial charge in [-0.25, -0.2) is 0 Å². The van der Waals surface area contributed by atoms with Crippen molar-refractivity contribution >= 4 is 54.1 Å². The van der Waals surface area contributed by atoms with Crippen molar-refractivity contribution in [2.45, 2.75) is 8.06 Å². The first-order valence-corrected chi connectivity index (χ1v) is 6.11. The van der Waals surface area contributed by atoms with E-state index in [4.69, 9.17) is 0 Å². The molecular formula is C9H7Br3O. The molecule has 0 saturated heterocycles. The molecule has 1 unspecified atom stereocenters. The van der Waals surface area contributed by atoms with E-state index in [0.717, 1.165) is 11.8 Å². The van der Waals surface area contributed by atoms with Gasteiger partial charge in [0.1, 0.15) is 6.29 Å².